The van der Waals surface area contributed by atoms with Gasteiger partial charge in [-0.25, -0.2) is 8.42 Å². The van der Waals surface area contributed by atoms with Crippen LogP contribution in [0.4, 0.5) is 5.69 Å². The zero-order chi connectivity index (χ0) is 25.7. The van der Waals surface area contributed by atoms with Gasteiger partial charge in [0.15, 0.2) is 9.84 Å². The minimum Gasteiger partial charge on any atom is -0.372 e. The van der Waals surface area contributed by atoms with Crippen LogP contribution in [-0.2, 0) is 14.6 Å². The lowest BCUT2D eigenvalue weighted by Gasteiger charge is -2.27. The molecule has 1 saturated heterocycles. The molecule has 1 aromatic carbocycles. The molecule has 2 aliphatic rings. The summed E-state index contributed by atoms with van der Waals surface area (Å²) in [7, 11) is -3.30. The van der Waals surface area contributed by atoms with Gasteiger partial charge in [0.25, 0.3) is 0 Å². The number of nitrogens with one attached hydrogen (secondary N) is 2. The van der Waals surface area contributed by atoms with Crippen LogP contribution in [0.25, 0.3) is 11.3 Å². The van der Waals surface area contributed by atoms with Crippen LogP contribution in [0, 0.1) is 5.92 Å². The first kappa shape index (κ1) is 26.3. The molecule has 1 aliphatic heterocycles. The molecule has 3 N–H and O–H groups in total. The van der Waals surface area contributed by atoms with Crippen LogP contribution < -0.4 is 10.6 Å². The van der Waals surface area contributed by atoms with Gasteiger partial charge in [-0.05, 0) is 74.3 Å². The zero-order valence-corrected chi connectivity index (χ0v) is 21.7. The predicted molar refractivity (Wildman–Crippen MR) is 142 cm³/mol. The Kier molecular flexibility index (Phi) is 8.46. The molecule has 2 unspecified atom stereocenters. The van der Waals surface area contributed by atoms with Crippen molar-refractivity contribution in [2.24, 2.45) is 5.92 Å². The van der Waals surface area contributed by atoms with E-state index in [1.165, 1.54) is 6.26 Å². The van der Waals surface area contributed by atoms with Gasteiger partial charge in [0.2, 0.25) is 5.91 Å². The third-order valence-corrected chi connectivity index (χ3v) is 7.38. The second-order valence-electron chi connectivity index (χ2n) is 9.29. The molecule has 4 rings (SSSR count). The van der Waals surface area contributed by atoms with Gasteiger partial charge in [-0.1, -0.05) is 23.7 Å². The lowest BCUT2D eigenvalue weighted by molar-refractivity contribution is -0.118. The largest absolute Gasteiger partial charge is 0.372 e. The van der Waals surface area contributed by atoms with E-state index in [9.17, 15) is 18.3 Å². The van der Waals surface area contributed by atoms with E-state index in [1.807, 2.05) is 18.2 Å². The van der Waals surface area contributed by atoms with Crippen molar-refractivity contribution < 1.29 is 18.3 Å². The van der Waals surface area contributed by atoms with Crippen molar-refractivity contribution in [1.82, 2.24) is 15.2 Å². The summed E-state index contributed by atoms with van der Waals surface area (Å²) in [5.74, 6) is -0.947. The Hall–Kier alpha value is -2.72. The Morgan fingerprint density at radius 3 is 2.72 bits per heavy atom. The number of pyridine rings is 1. The lowest BCUT2D eigenvalue weighted by Crippen LogP contribution is -2.41. The number of benzene rings is 1. The summed E-state index contributed by atoms with van der Waals surface area (Å²) in [6, 6.07) is 10.7. The number of nitrogens with zero attached hydrogens (tertiary/aromatic N) is 2. The molecule has 0 saturated carbocycles. The summed E-state index contributed by atoms with van der Waals surface area (Å²) in [5.41, 5.74) is 3.02. The van der Waals surface area contributed by atoms with Crippen molar-refractivity contribution in [3.05, 3.63) is 71.0 Å². The Morgan fingerprint density at radius 1 is 1.25 bits per heavy atom. The number of aromatic nitrogens is 1. The molecule has 0 spiro atoms. The predicted octanol–water partition coefficient (Wildman–Crippen LogP) is 3.22. The smallest absolute Gasteiger partial charge is 0.231 e. The molecule has 8 nitrogen and oxygen atoms in total. The number of amides is 1. The average molecular weight is 531 g/mol. The lowest BCUT2D eigenvalue weighted by atomic mass is 9.93. The Bertz CT molecular complexity index is 1260. The molecule has 2 atom stereocenters. The van der Waals surface area contributed by atoms with E-state index < -0.39 is 22.0 Å². The molecule has 1 aromatic heterocycles. The maximum absolute atomic E-state index is 13.2. The highest BCUT2D eigenvalue weighted by Gasteiger charge is 2.26. The fourth-order valence-corrected chi connectivity index (χ4v) is 5.54. The van der Waals surface area contributed by atoms with Gasteiger partial charge in [0.1, 0.15) is 6.23 Å². The molecule has 0 radical (unpaired) electrons. The maximum Gasteiger partial charge on any atom is 0.231 e. The third-order valence-electron chi connectivity index (χ3n) is 6.21. The Morgan fingerprint density at radius 2 is 2.03 bits per heavy atom. The number of anilines is 1. The summed E-state index contributed by atoms with van der Waals surface area (Å²) in [4.78, 5) is 19.6. The summed E-state index contributed by atoms with van der Waals surface area (Å²) >= 11 is 6.36. The highest BCUT2D eigenvalue weighted by Crippen LogP contribution is 2.30. The van der Waals surface area contributed by atoms with Crippen molar-refractivity contribution in [1.29, 1.82) is 0 Å². The number of hydrogen-bond acceptors (Lipinski definition) is 7. The topological polar surface area (TPSA) is 112 Å². The first-order valence-corrected chi connectivity index (χ1v) is 14.4. The number of carbonyl (C=O) groups excluding carboxylic acids is 1. The molecule has 1 amide bonds. The van der Waals surface area contributed by atoms with Gasteiger partial charge in [-0.3, -0.25) is 14.7 Å². The minimum atomic E-state index is -3.30. The SMILES string of the molecule is CS(=O)(=O)CC1=CCC(C(=O)Nc2ccc(Cl)c(-c3ccccn3)c2)C=C1NC(O)CN1CCCC1. The number of halogens is 1. The second-order valence-corrected chi connectivity index (χ2v) is 11.8. The summed E-state index contributed by atoms with van der Waals surface area (Å²) in [6.07, 6.45) is 7.99. The summed E-state index contributed by atoms with van der Waals surface area (Å²) in [6.45, 7) is 2.29. The van der Waals surface area contributed by atoms with Crippen molar-refractivity contribution in [2.45, 2.75) is 25.5 Å². The number of rotatable bonds is 9. The molecule has 1 aliphatic carbocycles. The monoisotopic (exact) mass is 530 g/mol. The van der Waals surface area contributed by atoms with E-state index in [0.29, 0.717) is 46.2 Å². The molecule has 192 valence electrons. The zero-order valence-electron chi connectivity index (χ0n) is 20.2. The fraction of sp³-hybridized carbons (Fsp3) is 0.385. The maximum atomic E-state index is 13.2. The van der Waals surface area contributed by atoms with Crippen LogP contribution in [0.15, 0.2) is 66.0 Å². The first-order valence-electron chi connectivity index (χ1n) is 12.0. The van der Waals surface area contributed by atoms with E-state index in [-0.39, 0.29) is 11.7 Å². The van der Waals surface area contributed by atoms with Gasteiger partial charge >= 0.3 is 0 Å². The highest BCUT2D eigenvalue weighted by molar-refractivity contribution is 7.90. The van der Waals surface area contributed by atoms with Gasteiger partial charge in [-0.15, -0.1) is 0 Å². The number of aliphatic hydroxyl groups excluding tert-OH is 1. The van der Waals surface area contributed by atoms with Gasteiger partial charge < -0.3 is 15.7 Å². The minimum absolute atomic E-state index is 0.165. The van der Waals surface area contributed by atoms with E-state index in [0.717, 1.165) is 25.9 Å². The number of β-amino-alcohol motifs (C(OH)–C–C–N with tert-alkyl or cyclic N) is 1. The van der Waals surface area contributed by atoms with E-state index in [4.69, 9.17) is 11.6 Å². The van der Waals surface area contributed by atoms with Crippen LogP contribution in [0.3, 0.4) is 0 Å². The Labute approximate surface area is 217 Å². The standard InChI is InChI=1S/C26H31ClN4O4S/c1-36(34,35)17-19-8-7-18(14-24(19)30-25(32)16-31-12-4-5-13-31)26(33)29-20-9-10-22(27)21(15-20)23-6-2-3-11-28-23/h2-3,6,8-11,14-15,18,25,30,32H,4-5,7,12-13,16-17H2,1H3,(H,29,33). The van der Waals surface area contributed by atoms with Gasteiger partial charge in [-0.2, -0.15) is 0 Å². The van der Waals surface area contributed by atoms with Gasteiger partial charge in [0.05, 0.1) is 22.4 Å². The van der Waals surface area contributed by atoms with Gasteiger partial charge in [0, 0.05) is 35.9 Å². The number of likely N-dealkylation sites (tertiary alicyclic amines) is 1. The summed E-state index contributed by atoms with van der Waals surface area (Å²) in [5, 5.41) is 17.1. The molecule has 2 heterocycles. The van der Waals surface area contributed by atoms with Crippen LogP contribution in [-0.4, -0.2) is 67.2 Å². The van der Waals surface area contributed by atoms with Crippen LogP contribution in [0.1, 0.15) is 19.3 Å². The number of sulfone groups is 1. The van der Waals surface area contributed by atoms with E-state index >= 15 is 0 Å². The first-order chi connectivity index (χ1) is 17.2. The third kappa shape index (κ3) is 7.16. The molecule has 10 heteroatoms. The fourth-order valence-electron chi connectivity index (χ4n) is 4.49. The van der Waals surface area contributed by atoms with E-state index in [1.54, 1.807) is 36.5 Å². The molecule has 2 aromatic rings. The number of aliphatic hydroxyl groups is 1. The number of carbonyl (C=O) groups is 1. The normalized spacial score (nSPS) is 19.4. The highest BCUT2D eigenvalue weighted by atomic mass is 35.5. The van der Waals surface area contributed by atoms with Crippen molar-refractivity contribution >= 4 is 33.0 Å². The number of hydrogen-bond donors (Lipinski definition) is 3. The molecular formula is C26H31ClN4O4S. The summed E-state index contributed by atoms with van der Waals surface area (Å²) < 4.78 is 24.0. The second kappa shape index (κ2) is 11.6. The van der Waals surface area contributed by atoms with Crippen LogP contribution in [0.2, 0.25) is 5.02 Å². The molecule has 36 heavy (non-hydrogen) atoms. The number of allylic oxidation sites excluding steroid dienone is 2. The molecular weight excluding hydrogens is 500 g/mol. The molecule has 1 fully saturated rings. The van der Waals surface area contributed by atoms with Crippen molar-refractivity contribution in [2.75, 3.05) is 37.0 Å². The average Bonchev–Trinajstić information content (AvgIpc) is 3.34. The van der Waals surface area contributed by atoms with Crippen molar-refractivity contribution in [3.63, 3.8) is 0 Å². The van der Waals surface area contributed by atoms with E-state index in [2.05, 4.69) is 20.5 Å². The quantitative estimate of drug-likeness (QED) is 0.427. The van der Waals surface area contributed by atoms with Crippen molar-refractivity contribution in [3.8, 4) is 11.3 Å². The van der Waals surface area contributed by atoms with Crippen LogP contribution >= 0.6 is 11.6 Å². The Balaban J connectivity index is 1.50. The van der Waals surface area contributed by atoms with Crippen LogP contribution in [0.5, 0.6) is 0 Å². The molecule has 0 bridgehead atoms.